The van der Waals surface area contributed by atoms with Crippen LogP contribution in [0.5, 0.6) is 0 Å². The predicted octanol–water partition coefficient (Wildman–Crippen LogP) is 1.74. The van der Waals surface area contributed by atoms with Gasteiger partial charge in [-0.1, -0.05) is 13.8 Å². The quantitative estimate of drug-likeness (QED) is 0.450. The van der Waals surface area contributed by atoms with E-state index in [9.17, 15) is 10.1 Å². The van der Waals surface area contributed by atoms with Gasteiger partial charge in [0.2, 0.25) is 0 Å². The topological polar surface area (TPSA) is 61.0 Å². The molecule has 0 aliphatic carbocycles. The molecule has 0 aliphatic heterocycles. The van der Waals surface area contributed by atoms with E-state index in [1.165, 1.54) is 4.68 Å². The van der Waals surface area contributed by atoms with E-state index in [2.05, 4.69) is 17.7 Å². The summed E-state index contributed by atoms with van der Waals surface area (Å²) in [7, 11) is 1.64. The molecule has 0 spiro atoms. The van der Waals surface area contributed by atoms with Crippen molar-refractivity contribution in [2.45, 2.75) is 24.8 Å². The second-order valence-corrected chi connectivity index (χ2v) is 3.52. The first-order valence-corrected chi connectivity index (χ1v) is 4.30. The molecule has 1 aromatic rings. The van der Waals surface area contributed by atoms with E-state index in [1.807, 2.05) is 13.8 Å². The third-order valence-electron chi connectivity index (χ3n) is 1.75. The van der Waals surface area contributed by atoms with Gasteiger partial charge in [-0.2, -0.15) is 5.10 Å². The lowest BCUT2D eigenvalue weighted by Gasteiger charge is -1.97. The van der Waals surface area contributed by atoms with Gasteiger partial charge in [-0.15, -0.1) is 12.6 Å². The van der Waals surface area contributed by atoms with E-state index in [0.29, 0.717) is 10.7 Å². The molecule has 0 saturated heterocycles. The molecule has 1 heterocycles. The Morgan fingerprint density at radius 2 is 2.15 bits per heavy atom. The molecule has 0 atom stereocenters. The fraction of sp³-hybridized carbons (Fsp3) is 0.571. The molecule has 72 valence electrons. The maximum atomic E-state index is 10.7. The maximum Gasteiger partial charge on any atom is 0.323 e. The predicted molar refractivity (Wildman–Crippen MR) is 51.2 cm³/mol. The third kappa shape index (κ3) is 1.67. The fourth-order valence-corrected chi connectivity index (χ4v) is 1.33. The van der Waals surface area contributed by atoms with Crippen molar-refractivity contribution in [2.75, 3.05) is 0 Å². The van der Waals surface area contributed by atoms with Gasteiger partial charge >= 0.3 is 5.69 Å². The number of hydrogen-bond donors (Lipinski definition) is 1. The van der Waals surface area contributed by atoms with Crippen LogP contribution >= 0.6 is 12.6 Å². The molecule has 1 aromatic heterocycles. The first kappa shape index (κ1) is 10.0. The van der Waals surface area contributed by atoms with Gasteiger partial charge in [0.05, 0.1) is 4.92 Å². The molecule has 0 N–H and O–H groups in total. The van der Waals surface area contributed by atoms with Gasteiger partial charge < -0.3 is 0 Å². The van der Waals surface area contributed by atoms with Crippen LogP contribution in [0.15, 0.2) is 5.03 Å². The summed E-state index contributed by atoms with van der Waals surface area (Å²) in [6.45, 7) is 3.73. The highest BCUT2D eigenvalue weighted by Crippen LogP contribution is 2.30. The monoisotopic (exact) mass is 201 g/mol. The number of nitrogens with zero attached hydrogens (tertiary/aromatic N) is 3. The molecule has 0 saturated carbocycles. The SMILES string of the molecule is CC(C)c1nn(C)c(S)c1[N+](=O)[O-]. The van der Waals surface area contributed by atoms with Crippen LogP contribution < -0.4 is 0 Å². The first-order chi connectivity index (χ1) is 5.95. The zero-order valence-corrected chi connectivity index (χ0v) is 8.58. The third-order valence-corrected chi connectivity index (χ3v) is 2.25. The first-order valence-electron chi connectivity index (χ1n) is 3.85. The van der Waals surface area contributed by atoms with Crippen molar-refractivity contribution >= 4 is 18.3 Å². The second-order valence-electron chi connectivity index (χ2n) is 3.09. The minimum Gasteiger partial charge on any atom is -0.258 e. The van der Waals surface area contributed by atoms with E-state index in [1.54, 1.807) is 7.05 Å². The van der Waals surface area contributed by atoms with Crippen molar-refractivity contribution in [3.05, 3.63) is 15.8 Å². The van der Waals surface area contributed by atoms with Crippen LogP contribution in [-0.2, 0) is 7.05 Å². The van der Waals surface area contributed by atoms with Gasteiger partial charge in [0.1, 0.15) is 5.69 Å². The van der Waals surface area contributed by atoms with Crippen molar-refractivity contribution in [1.82, 2.24) is 9.78 Å². The van der Waals surface area contributed by atoms with Crippen molar-refractivity contribution in [3.8, 4) is 0 Å². The highest BCUT2D eigenvalue weighted by atomic mass is 32.1. The highest BCUT2D eigenvalue weighted by Gasteiger charge is 2.25. The van der Waals surface area contributed by atoms with Gasteiger partial charge in [0.15, 0.2) is 5.03 Å². The molecule has 0 radical (unpaired) electrons. The molecular formula is C7H11N3O2S. The van der Waals surface area contributed by atoms with Crippen molar-refractivity contribution < 1.29 is 4.92 Å². The van der Waals surface area contributed by atoms with E-state index < -0.39 is 4.92 Å². The van der Waals surface area contributed by atoms with E-state index in [0.717, 1.165) is 0 Å². The van der Waals surface area contributed by atoms with Crippen LogP contribution in [0.25, 0.3) is 0 Å². The van der Waals surface area contributed by atoms with Gasteiger partial charge in [0.25, 0.3) is 0 Å². The molecule has 0 fully saturated rings. The summed E-state index contributed by atoms with van der Waals surface area (Å²) in [5.41, 5.74) is 0.498. The smallest absolute Gasteiger partial charge is 0.258 e. The summed E-state index contributed by atoms with van der Waals surface area (Å²) in [6, 6.07) is 0. The van der Waals surface area contributed by atoms with Gasteiger partial charge in [-0.25, -0.2) is 0 Å². The summed E-state index contributed by atoms with van der Waals surface area (Å²) in [6.07, 6.45) is 0. The number of thiol groups is 1. The Morgan fingerprint density at radius 3 is 2.46 bits per heavy atom. The number of hydrogen-bond acceptors (Lipinski definition) is 4. The maximum absolute atomic E-state index is 10.7. The Hall–Kier alpha value is -1.04. The number of nitro groups is 1. The number of aromatic nitrogens is 2. The Morgan fingerprint density at radius 1 is 1.62 bits per heavy atom. The Bertz CT molecular complexity index is 346. The van der Waals surface area contributed by atoms with E-state index >= 15 is 0 Å². The van der Waals surface area contributed by atoms with E-state index in [4.69, 9.17) is 0 Å². The minimum absolute atomic E-state index is 0.0147. The van der Waals surface area contributed by atoms with Crippen LogP contribution in [0, 0.1) is 10.1 Å². The lowest BCUT2D eigenvalue weighted by Crippen LogP contribution is -1.95. The lowest BCUT2D eigenvalue weighted by atomic mass is 10.1. The Labute approximate surface area is 81.3 Å². The average Bonchev–Trinajstić information content (AvgIpc) is 2.28. The molecule has 6 heteroatoms. The molecule has 0 amide bonds. The molecule has 5 nitrogen and oxygen atoms in total. The zero-order valence-electron chi connectivity index (χ0n) is 7.68. The summed E-state index contributed by atoms with van der Waals surface area (Å²) >= 11 is 4.02. The Kier molecular flexibility index (Phi) is 2.60. The normalized spacial score (nSPS) is 10.8. The molecule has 0 aliphatic rings. The summed E-state index contributed by atoms with van der Waals surface area (Å²) in [5, 5.41) is 15.0. The largest absolute Gasteiger partial charge is 0.323 e. The average molecular weight is 201 g/mol. The zero-order chi connectivity index (χ0) is 10.2. The number of rotatable bonds is 2. The summed E-state index contributed by atoms with van der Waals surface area (Å²) in [4.78, 5) is 10.2. The molecule has 0 bridgehead atoms. The summed E-state index contributed by atoms with van der Waals surface area (Å²) < 4.78 is 1.41. The highest BCUT2D eigenvalue weighted by molar-refractivity contribution is 7.80. The molecule has 0 aromatic carbocycles. The lowest BCUT2D eigenvalue weighted by molar-refractivity contribution is -0.388. The van der Waals surface area contributed by atoms with Crippen molar-refractivity contribution in [3.63, 3.8) is 0 Å². The Balaban J connectivity index is 3.35. The van der Waals surface area contributed by atoms with Crippen LogP contribution in [0.4, 0.5) is 5.69 Å². The van der Waals surface area contributed by atoms with Crippen LogP contribution in [-0.4, -0.2) is 14.7 Å². The van der Waals surface area contributed by atoms with Crippen molar-refractivity contribution in [1.29, 1.82) is 0 Å². The van der Waals surface area contributed by atoms with Gasteiger partial charge in [0, 0.05) is 13.0 Å². The number of aryl methyl sites for hydroxylation is 1. The van der Waals surface area contributed by atoms with Gasteiger partial charge in [-0.3, -0.25) is 14.8 Å². The standard InChI is InChI=1S/C7H11N3O2S/c1-4(2)5-6(10(11)12)7(13)9(3)8-5/h4,13H,1-3H3. The van der Waals surface area contributed by atoms with Crippen LogP contribution in [0.3, 0.4) is 0 Å². The second kappa shape index (κ2) is 3.37. The minimum atomic E-state index is -0.440. The summed E-state index contributed by atoms with van der Waals surface area (Å²) in [5.74, 6) is 0.0347. The van der Waals surface area contributed by atoms with Crippen LogP contribution in [0.1, 0.15) is 25.5 Å². The van der Waals surface area contributed by atoms with E-state index in [-0.39, 0.29) is 11.6 Å². The molecular weight excluding hydrogens is 190 g/mol. The fourth-order valence-electron chi connectivity index (χ4n) is 1.09. The van der Waals surface area contributed by atoms with Crippen molar-refractivity contribution in [2.24, 2.45) is 7.05 Å². The van der Waals surface area contributed by atoms with Crippen LogP contribution in [0.2, 0.25) is 0 Å². The molecule has 0 unspecified atom stereocenters. The van der Waals surface area contributed by atoms with Gasteiger partial charge in [-0.05, 0) is 0 Å². The molecule has 1 rings (SSSR count). The molecule has 13 heavy (non-hydrogen) atoms.